The molecule has 1 aliphatic heterocycles. The lowest BCUT2D eigenvalue weighted by Gasteiger charge is -2.20. The van der Waals surface area contributed by atoms with Gasteiger partial charge in [-0.3, -0.25) is 4.79 Å². The van der Waals surface area contributed by atoms with Gasteiger partial charge in [-0.1, -0.05) is 0 Å². The summed E-state index contributed by atoms with van der Waals surface area (Å²) < 4.78 is 0. The third-order valence-electron chi connectivity index (χ3n) is 3.01. The predicted octanol–water partition coefficient (Wildman–Crippen LogP) is 0.182. The van der Waals surface area contributed by atoms with Gasteiger partial charge in [-0.05, 0) is 32.7 Å². The van der Waals surface area contributed by atoms with E-state index < -0.39 is 0 Å². The maximum absolute atomic E-state index is 11.2. The molecule has 0 aromatic carbocycles. The van der Waals surface area contributed by atoms with Crippen LogP contribution in [-0.2, 0) is 4.79 Å². The number of nitrogens with one attached hydrogen (secondary N) is 1. The van der Waals surface area contributed by atoms with Crippen LogP contribution in [-0.4, -0.2) is 43.0 Å². The van der Waals surface area contributed by atoms with E-state index in [1.807, 2.05) is 0 Å². The van der Waals surface area contributed by atoms with E-state index in [-0.39, 0.29) is 5.91 Å². The van der Waals surface area contributed by atoms with E-state index in [2.05, 4.69) is 24.1 Å². The van der Waals surface area contributed by atoms with Gasteiger partial charge in [0.2, 0.25) is 5.91 Å². The quantitative estimate of drug-likeness (QED) is 0.685. The SMILES string of the molecule is CC(C)N1CCC(CNC(=O)CCN)C1. The third kappa shape index (κ3) is 4.18. The van der Waals surface area contributed by atoms with Crippen molar-refractivity contribution in [1.29, 1.82) is 0 Å². The van der Waals surface area contributed by atoms with Gasteiger partial charge in [-0.2, -0.15) is 0 Å². The van der Waals surface area contributed by atoms with Gasteiger partial charge in [0.05, 0.1) is 0 Å². The summed E-state index contributed by atoms with van der Waals surface area (Å²) in [6.07, 6.45) is 1.64. The van der Waals surface area contributed by atoms with Crippen LogP contribution in [0, 0.1) is 5.92 Å². The molecule has 1 heterocycles. The van der Waals surface area contributed by atoms with E-state index in [1.54, 1.807) is 0 Å². The molecule has 1 saturated heterocycles. The van der Waals surface area contributed by atoms with Crippen molar-refractivity contribution in [3.63, 3.8) is 0 Å². The topological polar surface area (TPSA) is 58.4 Å². The molecule has 0 aromatic heterocycles. The Balaban J connectivity index is 2.16. The summed E-state index contributed by atoms with van der Waals surface area (Å²) in [5.74, 6) is 0.703. The molecule has 88 valence electrons. The number of carbonyl (C=O) groups is 1. The first-order valence-electron chi connectivity index (χ1n) is 5.84. The predicted molar refractivity (Wildman–Crippen MR) is 61.5 cm³/mol. The molecule has 0 spiro atoms. The van der Waals surface area contributed by atoms with Crippen molar-refractivity contribution in [1.82, 2.24) is 10.2 Å². The highest BCUT2D eigenvalue weighted by Gasteiger charge is 2.24. The first-order valence-corrected chi connectivity index (χ1v) is 5.84. The van der Waals surface area contributed by atoms with E-state index >= 15 is 0 Å². The average Bonchev–Trinajstić information content (AvgIpc) is 2.63. The molecule has 4 heteroatoms. The molecule has 0 aliphatic carbocycles. The summed E-state index contributed by atoms with van der Waals surface area (Å²) in [6.45, 7) is 7.96. The van der Waals surface area contributed by atoms with Gasteiger partial charge in [0.25, 0.3) is 0 Å². The zero-order valence-electron chi connectivity index (χ0n) is 9.83. The van der Waals surface area contributed by atoms with Crippen LogP contribution in [0.1, 0.15) is 26.7 Å². The number of hydrogen-bond donors (Lipinski definition) is 2. The molecule has 0 radical (unpaired) electrons. The summed E-state index contributed by atoms with van der Waals surface area (Å²) in [5, 5.41) is 2.94. The van der Waals surface area contributed by atoms with E-state index in [9.17, 15) is 4.79 Å². The van der Waals surface area contributed by atoms with Crippen molar-refractivity contribution in [2.24, 2.45) is 11.7 Å². The highest BCUT2D eigenvalue weighted by atomic mass is 16.1. The molecule has 1 atom stereocenters. The first kappa shape index (κ1) is 12.5. The van der Waals surface area contributed by atoms with Gasteiger partial charge in [0.15, 0.2) is 0 Å². The minimum Gasteiger partial charge on any atom is -0.356 e. The Labute approximate surface area is 92.2 Å². The minimum absolute atomic E-state index is 0.0838. The summed E-state index contributed by atoms with van der Waals surface area (Å²) >= 11 is 0. The van der Waals surface area contributed by atoms with E-state index in [1.165, 1.54) is 6.42 Å². The van der Waals surface area contributed by atoms with Crippen LogP contribution in [0.25, 0.3) is 0 Å². The van der Waals surface area contributed by atoms with Crippen LogP contribution < -0.4 is 11.1 Å². The number of rotatable bonds is 5. The van der Waals surface area contributed by atoms with Crippen LogP contribution in [0.5, 0.6) is 0 Å². The molecule has 1 fully saturated rings. The monoisotopic (exact) mass is 213 g/mol. The molecule has 1 rings (SSSR count). The Kier molecular flexibility index (Phi) is 5.05. The normalized spacial score (nSPS) is 22.3. The fourth-order valence-corrected chi connectivity index (χ4v) is 1.98. The molecule has 4 nitrogen and oxygen atoms in total. The molecular weight excluding hydrogens is 190 g/mol. The summed E-state index contributed by atoms with van der Waals surface area (Å²) in [4.78, 5) is 13.7. The maximum atomic E-state index is 11.2. The Hall–Kier alpha value is -0.610. The van der Waals surface area contributed by atoms with Crippen molar-refractivity contribution in [2.75, 3.05) is 26.2 Å². The second-order valence-corrected chi connectivity index (χ2v) is 4.59. The molecule has 0 aromatic rings. The number of likely N-dealkylation sites (tertiary alicyclic amines) is 1. The lowest BCUT2D eigenvalue weighted by Crippen LogP contribution is -2.33. The smallest absolute Gasteiger partial charge is 0.221 e. The highest BCUT2D eigenvalue weighted by Crippen LogP contribution is 2.17. The minimum atomic E-state index is 0.0838. The van der Waals surface area contributed by atoms with Gasteiger partial charge >= 0.3 is 0 Å². The Morgan fingerprint density at radius 3 is 2.87 bits per heavy atom. The maximum Gasteiger partial charge on any atom is 0.221 e. The molecule has 1 amide bonds. The lowest BCUT2D eigenvalue weighted by atomic mass is 10.1. The summed E-state index contributed by atoms with van der Waals surface area (Å²) in [5.41, 5.74) is 5.31. The van der Waals surface area contributed by atoms with E-state index in [0.29, 0.717) is 24.9 Å². The van der Waals surface area contributed by atoms with Crippen LogP contribution >= 0.6 is 0 Å². The largest absolute Gasteiger partial charge is 0.356 e. The first-order chi connectivity index (χ1) is 7.13. The molecule has 1 aliphatic rings. The average molecular weight is 213 g/mol. The van der Waals surface area contributed by atoms with Crippen LogP contribution in [0.4, 0.5) is 0 Å². The van der Waals surface area contributed by atoms with Crippen molar-refractivity contribution < 1.29 is 4.79 Å². The molecule has 15 heavy (non-hydrogen) atoms. The van der Waals surface area contributed by atoms with Gasteiger partial charge in [-0.15, -0.1) is 0 Å². The third-order valence-corrected chi connectivity index (χ3v) is 3.01. The Morgan fingerprint density at radius 2 is 2.33 bits per heavy atom. The van der Waals surface area contributed by atoms with Gasteiger partial charge in [0, 0.05) is 32.1 Å². The zero-order valence-corrected chi connectivity index (χ0v) is 9.83. The number of amides is 1. The van der Waals surface area contributed by atoms with Crippen molar-refractivity contribution in [3.05, 3.63) is 0 Å². The summed E-state index contributed by atoms with van der Waals surface area (Å²) in [6, 6.07) is 0.620. The molecular formula is C11H23N3O. The van der Waals surface area contributed by atoms with E-state index in [4.69, 9.17) is 5.73 Å². The molecule has 3 N–H and O–H groups in total. The van der Waals surface area contributed by atoms with Crippen LogP contribution in [0.15, 0.2) is 0 Å². The fourth-order valence-electron chi connectivity index (χ4n) is 1.98. The molecule has 0 bridgehead atoms. The second-order valence-electron chi connectivity index (χ2n) is 4.59. The number of carbonyl (C=O) groups excluding carboxylic acids is 1. The Bertz CT molecular complexity index is 206. The molecule has 0 saturated carbocycles. The van der Waals surface area contributed by atoms with Crippen LogP contribution in [0.3, 0.4) is 0 Å². The number of nitrogens with two attached hydrogens (primary N) is 1. The lowest BCUT2D eigenvalue weighted by molar-refractivity contribution is -0.121. The van der Waals surface area contributed by atoms with Gasteiger partial charge in [-0.25, -0.2) is 0 Å². The standard InChI is InChI=1S/C11H23N3O/c1-9(2)14-6-4-10(8-14)7-13-11(15)3-5-12/h9-10H,3-8,12H2,1-2H3,(H,13,15). The highest BCUT2D eigenvalue weighted by molar-refractivity contribution is 5.75. The van der Waals surface area contributed by atoms with Gasteiger partial charge in [0.1, 0.15) is 0 Å². The van der Waals surface area contributed by atoms with Gasteiger partial charge < -0.3 is 16.0 Å². The number of nitrogens with zero attached hydrogens (tertiary/aromatic N) is 1. The number of hydrogen-bond acceptors (Lipinski definition) is 3. The van der Waals surface area contributed by atoms with Crippen molar-refractivity contribution in [3.8, 4) is 0 Å². The van der Waals surface area contributed by atoms with Crippen LogP contribution in [0.2, 0.25) is 0 Å². The molecule has 1 unspecified atom stereocenters. The van der Waals surface area contributed by atoms with Crippen molar-refractivity contribution in [2.45, 2.75) is 32.7 Å². The second kappa shape index (κ2) is 6.08. The summed E-state index contributed by atoms with van der Waals surface area (Å²) in [7, 11) is 0. The fraction of sp³-hybridized carbons (Fsp3) is 0.909. The van der Waals surface area contributed by atoms with Crippen molar-refractivity contribution >= 4 is 5.91 Å². The zero-order chi connectivity index (χ0) is 11.3. The Morgan fingerprint density at radius 1 is 1.60 bits per heavy atom. The van der Waals surface area contributed by atoms with E-state index in [0.717, 1.165) is 19.6 Å².